The number of carbonyl (C=O) groups excluding carboxylic acids is 1. The van der Waals surface area contributed by atoms with Crippen molar-refractivity contribution >= 4 is 5.91 Å². The lowest BCUT2D eigenvalue weighted by atomic mass is 10.0. The van der Waals surface area contributed by atoms with Crippen LogP contribution in [0.4, 0.5) is 26.3 Å². The van der Waals surface area contributed by atoms with Crippen LogP contribution in [0.25, 0.3) is 5.82 Å². The molecule has 0 aliphatic carbocycles. The summed E-state index contributed by atoms with van der Waals surface area (Å²) in [5.41, 5.74) is -3.73. The molecule has 0 saturated carbocycles. The number of carbonyl (C=O) groups is 1. The molecule has 7 nitrogen and oxygen atoms in total. The Morgan fingerprint density at radius 3 is 2.21 bits per heavy atom. The Bertz CT molecular complexity index is 1210. The Hall–Kier alpha value is -3.95. The van der Waals surface area contributed by atoms with Gasteiger partial charge in [-0.05, 0) is 37.3 Å². The highest BCUT2D eigenvalue weighted by Gasteiger charge is 2.37. The number of amides is 1. The number of halogens is 6. The van der Waals surface area contributed by atoms with Crippen molar-refractivity contribution in [1.29, 1.82) is 5.26 Å². The van der Waals surface area contributed by atoms with E-state index in [0.29, 0.717) is 24.4 Å². The van der Waals surface area contributed by atoms with Crippen LogP contribution in [-0.2, 0) is 18.8 Å². The number of nitrogens with one attached hydrogen (secondary N) is 1. The zero-order valence-electron chi connectivity index (χ0n) is 17.7. The van der Waals surface area contributed by atoms with E-state index in [1.54, 1.807) is 6.92 Å². The predicted molar refractivity (Wildman–Crippen MR) is 106 cm³/mol. The second-order valence-corrected chi connectivity index (χ2v) is 7.16. The van der Waals surface area contributed by atoms with Crippen LogP contribution in [0.1, 0.15) is 58.6 Å². The fourth-order valence-electron chi connectivity index (χ4n) is 2.98. The number of alkyl halides is 6. The second kappa shape index (κ2) is 9.12. The summed E-state index contributed by atoms with van der Waals surface area (Å²) < 4.78 is 80.0. The van der Waals surface area contributed by atoms with Crippen molar-refractivity contribution in [1.82, 2.24) is 25.1 Å². The summed E-state index contributed by atoms with van der Waals surface area (Å²) in [4.78, 5) is 21.0. The standard InChI is InChI=1S/C21H16F6N6O/c1-3-16-31-18(33(32-16)17-5-4-12(9-28)10-29-17)11(2)30-19(34)13-6-14(20(22,23)24)8-15(7-13)21(25,26)27/h4-8,10-11H,3H2,1-2H3,(H,30,34)/t11-/m0/s1. The van der Waals surface area contributed by atoms with Gasteiger partial charge in [0.05, 0.1) is 22.7 Å². The Morgan fingerprint density at radius 1 is 1.12 bits per heavy atom. The van der Waals surface area contributed by atoms with Gasteiger partial charge in [0.2, 0.25) is 0 Å². The summed E-state index contributed by atoms with van der Waals surface area (Å²) in [5, 5.41) is 15.5. The van der Waals surface area contributed by atoms with Gasteiger partial charge in [0.15, 0.2) is 17.5 Å². The van der Waals surface area contributed by atoms with Gasteiger partial charge in [-0.2, -0.15) is 36.3 Å². The van der Waals surface area contributed by atoms with Crippen LogP contribution in [0.5, 0.6) is 0 Å². The maximum absolute atomic E-state index is 13.1. The van der Waals surface area contributed by atoms with Gasteiger partial charge in [-0.1, -0.05) is 6.92 Å². The number of hydrogen-bond donors (Lipinski definition) is 1. The molecule has 0 radical (unpaired) electrons. The Kier molecular flexibility index (Phi) is 6.63. The van der Waals surface area contributed by atoms with E-state index in [0.717, 1.165) is 0 Å². The van der Waals surface area contributed by atoms with Crippen LogP contribution in [0.2, 0.25) is 0 Å². The summed E-state index contributed by atoms with van der Waals surface area (Å²) in [6.07, 6.45) is -8.48. The van der Waals surface area contributed by atoms with Crippen molar-refractivity contribution in [2.45, 2.75) is 38.7 Å². The van der Waals surface area contributed by atoms with Gasteiger partial charge in [-0.15, -0.1) is 5.10 Å². The molecule has 34 heavy (non-hydrogen) atoms. The molecule has 1 atom stereocenters. The van der Waals surface area contributed by atoms with Crippen molar-refractivity contribution in [2.75, 3.05) is 0 Å². The van der Waals surface area contributed by atoms with Gasteiger partial charge in [0, 0.05) is 18.2 Å². The van der Waals surface area contributed by atoms with E-state index in [1.165, 1.54) is 29.9 Å². The van der Waals surface area contributed by atoms with Gasteiger partial charge in [-0.3, -0.25) is 4.79 Å². The second-order valence-electron chi connectivity index (χ2n) is 7.16. The van der Waals surface area contributed by atoms with E-state index in [2.05, 4.69) is 20.4 Å². The Morgan fingerprint density at radius 2 is 1.74 bits per heavy atom. The number of pyridine rings is 1. The molecular weight excluding hydrogens is 466 g/mol. The molecule has 1 N–H and O–H groups in total. The highest BCUT2D eigenvalue weighted by Crippen LogP contribution is 2.36. The molecule has 0 fully saturated rings. The summed E-state index contributed by atoms with van der Waals surface area (Å²) in [6, 6.07) is 4.54. The lowest BCUT2D eigenvalue weighted by Crippen LogP contribution is -2.29. The van der Waals surface area contributed by atoms with Crippen molar-refractivity contribution in [3.8, 4) is 11.9 Å². The first-order chi connectivity index (χ1) is 15.8. The zero-order chi connectivity index (χ0) is 25.3. The lowest BCUT2D eigenvalue weighted by Gasteiger charge is -2.17. The van der Waals surface area contributed by atoms with Gasteiger partial charge >= 0.3 is 12.4 Å². The van der Waals surface area contributed by atoms with E-state index >= 15 is 0 Å². The number of aromatic nitrogens is 4. The average molecular weight is 482 g/mol. The molecule has 178 valence electrons. The molecule has 0 spiro atoms. The highest BCUT2D eigenvalue weighted by molar-refractivity contribution is 5.94. The quantitative estimate of drug-likeness (QED) is 0.535. The first-order valence-electron chi connectivity index (χ1n) is 9.76. The first kappa shape index (κ1) is 24.7. The summed E-state index contributed by atoms with van der Waals surface area (Å²) >= 11 is 0. The number of nitriles is 1. The van der Waals surface area contributed by atoms with Crippen molar-refractivity contribution in [3.05, 3.63) is 70.4 Å². The molecule has 0 saturated heterocycles. The third-order valence-electron chi connectivity index (χ3n) is 4.67. The zero-order valence-corrected chi connectivity index (χ0v) is 17.7. The van der Waals surface area contributed by atoms with E-state index in [-0.39, 0.29) is 23.3 Å². The number of rotatable bonds is 5. The molecule has 0 aliphatic rings. The minimum atomic E-state index is -5.08. The van der Waals surface area contributed by atoms with Crippen LogP contribution >= 0.6 is 0 Å². The fraction of sp³-hybridized carbons (Fsp3) is 0.286. The van der Waals surface area contributed by atoms with Crippen LogP contribution in [0.15, 0.2) is 36.5 Å². The molecule has 3 aromatic rings. The maximum atomic E-state index is 13.1. The Labute approximate surface area is 189 Å². The smallest absolute Gasteiger partial charge is 0.342 e. The first-order valence-corrected chi connectivity index (χ1v) is 9.76. The normalized spacial score (nSPS) is 12.8. The number of benzene rings is 1. The molecule has 0 bridgehead atoms. The van der Waals surface area contributed by atoms with Crippen molar-refractivity contribution in [3.63, 3.8) is 0 Å². The van der Waals surface area contributed by atoms with Crippen LogP contribution in [0, 0.1) is 11.3 Å². The lowest BCUT2D eigenvalue weighted by molar-refractivity contribution is -0.143. The van der Waals surface area contributed by atoms with Crippen LogP contribution < -0.4 is 5.32 Å². The topological polar surface area (TPSA) is 96.5 Å². The number of hydrogen-bond acceptors (Lipinski definition) is 5. The minimum absolute atomic E-state index is 0.0546. The van der Waals surface area contributed by atoms with Crippen molar-refractivity contribution in [2.24, 2.45) is 0 Å². The largest absolute Gasteiger partial charge is 0.416 e. The average Bonchev–Trinajstić information content (AvgIpc) is 3.22. The monoisotopic (exact) mass is 482 g/mol. The third kappa shape index (κ3) is 5.33. The van der Waals surface area contributed by atoms with Crippen LogP contribution in [0.3, 0.4) is 0 Å². The highest BCUT2D eigenvalue weighted by atomic mass is 19.4. The van der Waals surface area contributed by atoms with E-state index in [1.807, 2.05) is 6.07 Å². The Balaban J connectivity index is 1.96. The van der Waals surface area contributed by atoms with Gasteiger partial charge in [0.25, 0.3) is 5.91 Å². The van der Waals surface area contributed by atoms with E-state index in [9.17, 15) is 31.1 Å². The molecule has 2 aromatic heterocycles. The summed E-state index contributed by atoms with van der Waals surface area (Å²) in [7, 11) is 0. The minimum Gasteiger partial charge on any atom is -0.342 e. The van der Waals surface area contributed by atoms with E-state index in [4.69, 9.17) is 5.26 Å². The molecule has 13 heteroatoms. The third-order valence-corrected chi connectivity index (χ3v) is 4.67. The van der Waals surface area contributed by atoms with E-state index < -0.39 is 41.0 Å². The van der Waals surface area contributed by atoms with Crippen molar-refractivity contribution < 1.29 is 31.1 Å². The molecule has 0 unspecified atom stereocenters. The molecule has 1 amide bonds. The molecule has 0 aliphatic heterocycles. The van der Waals surface area contributed by atoms with Crippen LogP contribution in [-0.4, -0.2) is 25.7 Å². The molecule has 3 rings (SSSR count). The molecular formula is C21H16F6N6O. The van der Waals surface area contributed by atoms with Gasteiger partial charge < -0.3 is 5.32 Å². The molecule has 2 heterocycles. The fourth-order valence-corrected chi connectivity index (χ4v) is 2.98. The summed E-state index contributed by atoms with van der Waals surface area (Å²) in [6.45, 7) is 3.21. The number of aryl methyl sites for hydroxylation is 1. The summed E-state index contributed by atoms with van der Waals surface area (Å²) in [5.74, 6) is -0.406. The predicted octanol–water partition coefficient (Wildman–Crippen LogP) is 4.62. The van der Waals surface area contributed by atoms with Gasteiger partial charge in [-0.25, -0.2) is 9.97 Å². The molecule has 1 aromatic carbocycles. The maximum Gasteiger partial charge on any atom is 0.416 e. The number of nitrogens with zero attached hydrogens (tertiary/aromatic N) is 5. The SMILES string of the molecule is CCc1nc([C@H](C)NC(=O)c2cc(C(F)(F)F)cc(C(F)(F)F)c2)n(-c2ccc(C#N)cn2)n1. The van der Waals surface area contributed by atoms with Gasteiger partial charge in [0.1, 0.15) is 6.07 Å².